The smallest absolute Gasteiger partial charge is 0.129 e. The molecule has 1 saturated heterocycles. The average molecular weight is 205 g/mol. The molecule has 0 saturated carbocycles. The predicted molar refractivity (Wildman–Crippen MR) is 62.8 cm³/mol. The van der Waals surface area contributed by atoms with E-state index in [1.807, 2.05) is 12.3 Å². The third kappa shape index (κ3) is 2.29. The van der Waals surface area contributed by atoms with Gasteiger partial charge >= 0.3 is 0 Å². The number of piperidine rings is 1. The summed E-state index contributed by atoms with van der Waals surface area (Å²) >= 11 is 0. The summed E-state index contributed by atoms with van der Waals surface area (Å²) in [7, 11) is 0. The molecule has 0 aliphatic carbocycles. The van der Waals surface area contributed by atoms with Crippen LogP contribution in [-0.2, 0) is 6.54 Å². The van der Waals surface area contributed by atoms with Gasteiger partial charge in [-0.3, -0.25) is 0 Å². The first-order chi connectivity index (χ1) is 7.31. The first kappa shape index (κ1) is 10.4. The molecule has 1 aromatic heterocycles. The topological polar surface area (TPSA) is 42.1 Å². The molecule has 82 valence electrons. The molecule has 2 rings (SSSR count). The van der Waals surface area contributed by atoms with Crippen LogP contribution < -0.4 is 10.6 Å². The lowest BCUT2D eigenvalue weighted by Crippen LogP contribution is -2.38. The van der Waals surface area contributed by atoms with Crippen LogP contribution in [0.2, 0.25) is 0 Å². The molecule has 2 heterocycles. The van der Waals surface area contributed by atoms with Crippen LogP contribution in [0.1, 0.15) is 31.7 Å². The Hall–Kier alpha value is -1.09. The molecule has 1 atom stereocenters. The molecule has 15 heavy (non-hydrogen) atoms. The molecule has 2 N–H and O–H groups in total. The van der Waals surface area contributed by atoms with E-state index < -0.39 is 0 Å². The van der Waals surface area contributed by atoms with E-state index in [2.05, 4.69) is 22.9 Å². The fraction of sp³-hybridized carbons (Fsp3) is 0.583. The van der Waals surface area contributed by atoms with Crippen LogP contribution in [0.4, 0.5) is 5.82 Å². The van der Waals surface area contributed by atoms with Crippen molar-refractivity contribution in [2.45, 2.75) is 38.8 Å². The van der Waals surface area contributed by atoms with Crippen LogP contribution in [0.15, 0.2) is 18.3 Å². The van der Waals surface area contributed by atoms with E-state index in [4.69, 9.17) is 5.73 Å². The molecule has 0 bridgehead atoms. The van der Waals surface area contributed by atoms with Crippen molar-refractivity contribution in [3.63, 3.8) is 0 Å². The zero-order valence-electron chi connectivity index (χ0n) is 9.32. The van der Waals surface area contributed by atoms with Crippen LogP contribution in [0.3, 0.4) is 0 Å². The van der Waals surface area contributed by atoms with Gasteiger partial charge in [-0.2, -0.15) is 0 Å². The third-order valence-electron chi connectivity index (χ3n) is 3.14. The average Bonchev–Trinajstić information content (AvgIpc) is 2.30. The Bertz CT molecular complexity index is 324. The Morgan fingerprint density at radius 2 is 2.40 bits per heavy atom. The molecule has 0 radical (unpaired) electrons. The standard InChI is InChI=1S/C12H19N3/c1-10-4-2-3-7-15(10)12-8-11(9-13)5-6-14-12/h5-6,8,10H,2-4,7,9,13H2,1H3. The highest BCUT2D eigenvalue weighted by molar-refractivity contribution is 5.42. The molecule has 1 aliphatic heterocycles. The van der Waals surface area contributed by atoms with E-state index >= 15 is 0 Å². The minimum atomic E-state index is 0.595. The molecule has 3 nitrogen and oxygen atoms in total. The summed E-state index contributed by atoms with van der Waals surface area (Å²) in [6.45, 7) is 4.00. The molecule has 0 aromatic carbocycles. The van der Waals surface area contributed by atoms with Crippen LogP contribution in [-0.4, -0.2) is 17.6 Å². The van der Waals surface area contributed by atoms with Crippen molar-refractivity contribution in [2.24, 2.45) is 5.73 Å². The first-order valence-electron chi connectivity index (χ1n) is 5.73. The van der Waals surface area contributed by atoms with Crippen LogP contribution >= 0.6 is 0 Å². The minimum absolute atomic E-state index is 0.595. The minimum Gasteiger partial charge on any atom is -0.354 e. The van der Waals surface area contributed by atoms with Crippen molar-refractivity contribution in [1.29, 1.82) is 0 Å². The van der Waals surface area contributed by atoms with Gasteiger partial charge in [0, 0.05) is 25.3 Å². The monoisotopic (exact) mass is 205 g/mol. The van der Waals surface area contributed by atoms with E-state index in [0.29, 0.717) is 12.6 Å². The number of anilines is 1. The second-order valence-electron chi connectivity index (χ2n) is 4.26. The molecule has 0 spiro atoms. The molecule has 0 amide bonds. The van der Waals surface area contributed by atoms with Gasteiger partial charge in [0.25, 0.3) is 0 Å². The van der Waals surface area contributed by atoms with E-state index in [0.717, 1.165) is 17.9 Å². The van der Waals surface area contributed by atoms with Gasteiger partial charge in [-0.25, -0.2) is 4.98 Å². The predicted octanol–water partition coefficient (Wildman–Crippen LogP) is 1.92. The number of pyridine rings is 1. The Labute approximate surface area is 91.3 Å². The van der Waals surface area contributed by atoms with Crippen LogP contribution in [0.5, 0.6) is 0 Å². The normalized spacial score (nSPS) is 21.7. The first-order valence-corrected chi connectivity index (χ1v) is 5.73. The van der Waals surface area contributed by atoms with Gasteiger partial charge in [0.15, 0.2) is 0 Å². The fourth-order valence-corrected chi connectivity index (χ4v) is 2.18. The number of rotatable bonds is 2. The summed E-state index contributed by atoms with van der Waals surface area (Å²) in [4.78, 5) is 6.82. The van der Waals surface area contributed by atoms with Gasteiger partial charge in [0.1, 0.15) is 5.82 Å². The molecule has 1 unspecified atom stereocenters. The van der Waals surface area contributed by atoms with Gasteiger partial charge in [-0.05, 0) is 43.9 Å². The van der Waals surface area contributed by atoms with E-state index in [-0.39, 0.29) is 0 Å². The summed E-state index contributed by atoms with van der Waals surface area (Å²) in [5.41, 5.74) is 6.80. The van der Waals surface area contributed by atoms with Gasteiger partial charge in [-0.15, -0.1) is 0 Å². The Morgan fingerprint density at radius 3 is 3.13 bits per heavy atom. The van der Waals surface area contributed by atoms with E-state index in [1.54, 1.807) is 0 Å². The van der Waals surface area contributed by atoms with Gasteiger partial charge in [0.05, 0.1) is 0 Å². The number of nitrogens with zero attached hydrogens (tertiary/aromatic N) is 2. The molecular formula is C12H19N3. The number of nitrogens with two attached hydrogens (primary N) is 1. The Balaban J connectivity index is 2.19. The fourth-order valence-electron chi connectivity index (χ4n) is 2.18. The number of hydrogen-bond acceptors (Lipinski definition) is 3. The number of hydrogen-bond donors (Lipinski definition) is 1. The van der Waals surface area contributed by atoms with Crippen molar-refractivity contribution in [2.75, 3.05) is 11.4 Å². The second kappa shape index (κ2) is 4.62. The van der Waals surface area contributed by atoms with Crippen LogP contribution in [0.25, 0.3) is 0 Å². The number of aromatic nitrogens is 1. The summed E-state index contributed by atoms with van der Waals surface area (Å²) in [5, 5.41) is 0. The quantitative estimate of drug-likeness (QED) is 0.802. The lowest BCUT2D eigenvalue weighted by Gasteiger charge is -2.34. The van der Waals surface area contributed by atoms with Crippen molar-refractivity contribution >= 4 is 5.82 Å². The van der Waals surface area contributed by atoms with Crippen LogP contribution in [0, 0.1) is 0 Å². The van der Waals surface area contributed by atoms with Gasteiger partial charge in [0.2, 0.25) is 0 Å². The molecule has 1 aliphatic rings. The molecule has 1 fully saturated rings. The summed E-state index contributed by atoms with van der Waals surface area (Å²) < 4.78 is 0. The highest BCUT2D eigenvalue weighted by atomic mass is 15.2. The molecule has 3 heteroatoms. The summed E-state index contributed by atoms with van der Waals surface area (Å²) in [6.07, 6.45) is 5.75. The maximum Gasteiger partial charge on any atom is 0.129 e. The maximum atomic E-state index is 5.64. The van der Waals surface area contributed by atoms with Gasteiger partial charge in [-0.1, -0.05) is 0 Å². The van der Waals surface area contributed by atoms with Gasteiger partial charge < -0.3 is 10.6 Å². The Kier molecular flexibility index (Phi) is 3.21. The molecule has 1 aromatic rings. The lowest BCUT2D eigenvalue weighted by atomic mass is 10.0. The molecular weight excluding hydrogens is 186 g/mol. The van der Waals surface area contributed by atoms with Crippen molar-refractivity contribution < 1.29 is 0 Å². The highest BCUT2D eigenvalue weighted by Crippen LogP contribution is 2.23. The summed E-state index contributed by atoms with van der Waals surface area (Å²) in [5.74, 6) is 1.09. The third-order valence-corrected chi connectivity index (χ3v) is 3.14. The zero-order valence-corrected chi connectivity index (χ0v) is 9.32. The lowest BCUT2D eigenvalue weighted by molar-refractivity contribution is 0.481. The van der Waals surface area contributed by atoms with Crippen molar-refractivity contribution in [1.82, 2.24) is 4.98 Å². The van der Waals surface area contributed by atoms with E-state index in [1.165, 1.54) is 19.3 Å². The SMILES string of the molecule is CC1CCCCN1c1cc(CN)ccn1. The Morgan fingerprint density at radius 1 is 1.53 bits per heavy atom. The second-order valence-corrected chi connectivity index (χ2v) is 4.26. The summed E-state index contributed by atoms with van der Waals surface area (Å²) in [6, 6.07) is 4.71. The van der Waals surface area contributed by atoms with E-state index in [9.17, 15) is 0 Å². The zero-order chi connectivity index (χ0) is 10.7. The largest absolute Gasteiger partial charge is 0.354 e. The highest BCUT2D eigenvalue weighted by Gasteiger charge is 2.19. The maximum absolute atomic E-state index is 5.64. The van der Waals surface area contributed by atoms with Crippen molar-refractivity contribution in [3.8, 4) is 0 Å². The van der Waals surface area contributed by atoms with Crippen molar-refractivity contribution in [3.05, 3.63) is 23.9 Å².